The molecule has 0 amide bonds. The summed E-state index contributed by atoms with van der Waals surface area (Å²) in [4.78, 5) is 3.44. The lowest BCUT2D eigenvalue weighted by Gasteiger charge is -2.04. The highest BCUT2D eigenvalue weighted by Crippen LogP contribution is 2.37. The van der Waals surface area contributed by atoms with Crippen LogP contribution in [0.1, 0.15) is 0 Å². The summed E-state index contributed by atoms with van der Waals surface area (Å²) in [7, 11) is 0. The molecule has 0 bridgehead atoms. The predicted molar refractivity (Wildman–Crippen MR) is 86.3 cm³/mol. The molecule has 96 valence electrons. The van der Waals surface area contributed by atoms with E-state index in [1.54, 1.807) is 0 Å². The molecule has 0 radical (unpaired) electrons. The van der Waals surface area contributed by atoms with Gasteiger partial charge in [-0.15, -0.1) is 0 Å². The average Bonchev–Trinajstić information content (AvgIpc) is 2.88. The van der Waals surface area contributed by atoms with E-state index in [4.69, 9.17) is 11.6 Å². The molecule has 0 spiro atoms. The molecule has 0 atom stereocenters. The second-order valence-electron chi connectivity index (χ2n) is 4.88. The van der Waals surface area contributed by atoms with Crippen molar-refractivity contribution >= 4 is 33.4 Å². The quantitative estimate of drug-likeness (QED) is 0.463. The van der Waals surface area contributed by atoms with Gasteiger partial charge in [0, 0.05) is 21.8 Å². The van der Waals surface area contributed by atoms with Gasteiger partial charge in [-0.25, -0.2) is 0 Å². The lowest BCUT2D eigenvalue weighted by atomic mass is 9.99. The van der Waals surface area contributed by atoms with Crippen molar-refractivity contribution in [3.8, 4) is 11.1 Å². The minimum Gasteiger partial charge on any atom is -0.354 e. The summed E-state index contributed by atoms with van der Waals surface area (Å²) in [5.74, 6) is 0. The summed E-state index contributed by atoms with van der Waals surface area (Å²) in [6.45, 7) is 0. The summed E-state index contributed by atoms with van der Waals surface area (Å²) in [6.07, 6.45) is 0. The fourth-order valence-electron chi connectivity index (χ4n) is 2.81. The van der Waals surface area contributed by atoms with Gasteiger partial charge in [-0.3, -0.25) is 0 Å². The van der Waals surface area contributed by atoms with Crippen LogP contribution >= 0.6 is 11.6 Å². The van der Waals surface area contributed by atoms with Crippen LogP contribution in [0.5, 0.6) is 0 Å². The molecule has 0 unspecified atom stereocenters. The van der Waals surface area contributed by atoms with Gasteiger partial charge in [-0.1, -0.05) is 60.1 Å². The zero-order valence-electron chi connectivity index (χ0n) is 10.7. The van der Waals surface area contributed by atoms with E-state index >= 15 is 0 Å². The zero-order valence-corrected chi connectivity index (χ0v) is 11.5. The predicted octanol–water partition coefficient (Wildman–Crippen LogP) is 5.64. The van der Waals surface area contributed by atoms with E-state index in [1.807, 2.05) is 18.2 Å². The van der Waals surface area contributed by atoms with Gasteiger partial charge >= 0.3 is 0 Å². The van der Waals surface area contributed by atoms with Crippen LogP contribution in [0, 0.1) is 0 Å². The van der Waals surface area contributed by atoms with Crippen molar-refractivity contribution in [1.82, 2.24) is 4.98 Å². The van der Waals surface area contributed by atoms with E-state index in [0.717, 1.165) is 21.4 Å². The largest absolute Gasteiger partial charge is 0.354 e. The number of fused-ring (bicyclic) bond motifs is 3. The van der Waals surface area contributed by atoms with Gasteiger partial charge in [0.05, 0.1) is 5.02 Å². The van der Waals surface area contributed by atoms with Crippen LogP contribution in [-0.2, 0) is 0 Å². The summed E-state index contributed by atoms with van der Waals surface area (Å²) >= 11 is 6.42. The van der Waals surface area contributed by atoms with Gasteiger partial charge in [-0.2, -0.15) is 0 Å². The molecule has 0 saturated carbocycles. The number of rotatable bonds is 1. The highest BCUT2D eigenvalue weighted by Gasteiger charge is 2.12. The van der Waals surface area contributed by atoms with Crippen molar-refractivity contribution < 1.29 is 0 Å². The van der Waals surface area contributed by atoms with Crippen LogP contribution < -0.4 is 0 Å². The highest BCUT2D eigenvalue weighted by molar-refractivity contribution is 6.38. The Bertz CT molecular complexity index is 907. The van der Waals surface area contributed by atoms with Crippen molar-refractivity contribution in [2.75, 3.05) is 0 Å². The normalized spacial score (nSPS) is 11.2. The molecular weight excluding hydrogens is 266 g/mol. The smallest absolute Gasteiger partial charge is 0.0506 e. The Balaban J connectivity index is 2.20. The van der Waals surface area contributed by atoms with Crippen molar-refractivity contribution in [3.05, 3.63) is 71.8 Å². The summed E-state index contributed by atoms with van der Waals surface area (Å²) in [6, 6.07) is 22.7. The van der Waals surface area contributed by atoms with Crippen molar-refractivity contribution in [2.45, 2.75) is 0 Å². The van der Waals surface area contributed by atoms with E-state index in [2.05, 4.69) is 53.5 Å². The number of benzene rings is 3. The third-order valence-electron chi connectivity index (χ3n) is 3.68. The summed E-state index contributed by atoms with van der Waals surface area (Å²) in [5.41, 5.74) is 4.62. The Kier molecular flexibility index (Phi) is 2.54. The molecule has 2 heteroatoms. The minimum absolute atomic E-state index is 0.789. The number of hydrogen-bond acceptors (Lipinski definition) is 0. The van der Waals surface area contributed by atoms with E-state index in [0.29, 0.717) is 0 Å². The molecule has 20 heavy (non-hydrogen) atoms. The third kappa shape index (κ3) is 1.64. The second kappa shape index (κ2) is 4.39. The second-order valence-corrected chi connectivity index (χ2v) is 5.29. The van der Waals surface area contributed by atoms with Crippen LogP contribution in [0.15, 0.2) is 66.7 Å². The number of aromatic nitrogens is 1. The molecule has 4 rings (SSSR count). The maximum atomic E-state index is 6.42. The fraction of sp³-hybridized carbons (Fsp3) is 0. The van der Waals surface area contributed by atoms with Crippen LogP contribution in [0.2, 0.25) is 5.02 Å². The molecule has 1 heterocycles. The van der Waals surface area contributed by atoms with Crippen LogP contribution in [0.3, 0.4) is 0 Å². The summed E-state index contributed by atoms with van der Waals surface area (Å²) in [5, 5.41) is 3.08. The Labute approximate surface area is 121 Å². The minimum atomic E-state index is 0.789. The molecule has 1 N–H and O–H groups in total. The van der Waals surface area contributed by atoms with E-state index in [-0.39, 0.29) is 0 Å². The first-order valence-corrected chi connectivity index (χ1v) is 6.97. The van der Waals surface area contributed by atoms with Gasteiger partial charge in [0.1, 0.15) is 0 Å². The summed E-state index contributed by atoms with van der Waals surface area (Å²) < 4.78 is 0. The van der Waals surface area contributed by atoms with Gasteiger partial charge in [0.25, 0.3) is 0 Å². The number of hydrogen-bond donors (Lipinski definition) is 1. The molecule has 0 aliphatic carbocycles. The molecule has 0 aliphatic heterocycles. The van der Waals surface area contributed by atoms with Gasteiger partial charge in [-0.05, 0) is 29.3 Å². The average molecular weight is 278 g/mol. The topological polar surface area (TPSA) is 15.8 Å². The first kappa shape index (κ1) is 11.6. The number of H-pyrrole nitrogens is 1. The number of halogens is 1. The lowest BCUT2D eigenvalue weighted by Crippen LogP contribution is -1.79. The van der Waals surface area contributed by atoms with Crippen molar-refractivity contribution in [2.24, 2.45) is 0 Å². The standard InChI is InChI=1S/C18H12ClN/c19-14-9-5-11-16-18(14)17-13(8-4-10-15(17)20-16)12-6-2-1-3-7-12/h1-11,20H. The van der Waals surface area contributed by atoms with Gasteiger partial charge < -0.3 is 4.98 Å². The van der Waals surface area contributed by atoms with E-state index in [1.165, 1.54) is 16.5 Å². The molecule has 0 fully saturated rings. The third-order valence-corrected chi connectivity index (χ3v) is 4.00. The number of aromatic amines is 1. The Hall–Kier alpha value is -2.25. The Morgan fingerprint density at radius 1 is 0.650 bits per heavy atom. The van der Waals surface area contributed by atoms with Gasteiger partial charge in [0.15, 0.2) is 0 Å². The Morgan fingerprint density at radius 2 is 1.35 bits per heavy atom. The highest BCUT2D eigenvalue weighted by atomic mass is 35.5. The van der Waals surface area contributed by atoms with Crippen molar-refractivity contribution in [3.63, 3.8) is 0 Å². The maximum Gasteiger partial charge on any atom is 0.0506 e. The molecule has 0 saturated heterocycles. The van der Waals surface area contributed by atoms with Crippen LogP contribution in [-0.4, -0.2) is 4.98 Å². The monoisotopic (exact) mass is 277 g/mol. The zero-order chi connectivity index (χ0) is 13.5. The molecule has 1 nitrogen and oxygen atoms in total. The molecule has 4 aromatic rings. The molecule has 1 aromatic heterocycles. The van der Waals surface area contributed by atoms with E-state index in [9.17, 15) is 0 Å². The molecule has 0 aliphatic rings. The lowest BCUT2D eigenvalue weighted by molar-refractivity contribution is 1.54. The van der Waals surface area contributed by atoms with Crippen LogP contribution in [0.25, 0.3) is 32.9 Å². The van der Waals surface area contributed by atoms with Crippen LogP contribution in [0.4, 0.5) is 0 Å². The number of nitrogens with one attached hydrogen (secondary N) is 1. The first-order valence-electron chi connectivity index (χ1n) is 6.59. The Morgan fingerprint density at radius 3 is 2.15 bits per heavy atom. The van der Waals surface area contributed by atoms with Gasteiger partial charge in [0.2, 0.25) is 0 Å². The first-order chi connectivity index (χ1) is 9.84. The molecule has 3 aromatic carbocycles. The van der Waals surface area contributed by atoms with Crippen molar-refractivity contribution in [1.29, 1.82) is 0 Å². The maximum absolute atomic E-state index is 6.42. The van der Waals surface area contributed by atoms with E-state index < -0.39 is 0 Å². The fourth-order valence-corrected chi connectivity index (χ4v) is 3.08. The SMILES string of the molecule is Clc1cccc2[nH]c3cccc(-c4ccccc4)c3c12. The molecular formula is C18H12ClN.